The molecule has 2 aromatic rings. The van der Waals surface area contributed by atoms with E-state index in [-0.39, 0.29) is 11.9 Å². The third kappa shape index (κ3) is 2.95. The molecule has 6 heteroatoms. The summed E-state index contributed by atoms with van der Waals surface area (Å²) in [5, 5.41) is 6.86. The molecule has 0 unspecified atom stereocenters. The largest absolute Gasteiger partial charge is 0.349 e. The van der Waals surface area contributed by atoms with Gasteiger partial charge >= 0.3 is 0 Å². The molecule has 1 amide bonds. The van der Waals surface area contributed by atoms with Crippen molar-refractivity contribution in [3.8, 4) is 0 Å². The van der Waals surface area contributed by atoms with Crippen LogP contribution in [-0.2, 0) is 17.8 Å². The number of aryl methyl sites for hydroxylation is 1. The number of carbonyl (C=O) groups excluding carboxylic acids is 1. The number of nitrogens with one attached hydrogen (secondary N) is 1. The zero-order valence-electron chi connectivity index (χ0n) is 10.5. The molecule has 0 aliphatic heterocycles. The lowest BCUT2D eigenvalue weighted by Crippen LogP contribution is -2.30. The van der Waals surface area contributed by atoms with Gasteiger partial charge in [-0.3, -0.25) is 4.79 Å². The van der Waals surface area contributed by atoms with Crippen molar-refractivity contribution in [3.05, 3.63) is 34.5 Å². The van der Waals surface area contributed by atoms with Crippen LogP contribution in [0.25, 0.3) is 0 Å². The Hall–Kier alpha value is -1.69. The Morgan fingerprint density at radius 3 is 2.89 bits per heavy atom. The van der Waals surface area contributed by atoms with Crippen molar-refractivity contribution in [2.45, 2.75) is 32.9 Å². The first-order valence-electron chi connectivity index (χ1n) is 5.90. The SMILES string of the molecule is CCc1ccc(CNC(=O)[C@H](C)n2cncn2)s1. The number of nitrogens with zero attached hydrogens (tertiary/aromatic N) is 3. The topological polar surface area (TPSA) is 59.8 Å². The normalized spacial score (nSPS) is 12.3. The standard InChI is InChI=1S/C12H16N4OS/c1-3-10-4-5-11(18-10)6-14-12(17)9(2)16-8-13-7-15-16/h4-5,7-9H,3,6H2,1-2H3,(H,14,17)/t9-/m0/s1. The highest BCUT2D eigenvalue weighted by Crippen LogP contribution is 2.16. The maximum Gasteiger partial charge on any atom is 0.244 e. The lowest BCUT2D eigenvalue weighted by Gasteiger charge is -2.11. The van der Waals surface area contributed by atoms with Crippen molar-refractivity contribution in [3.63, 3.8) is 0 Å². The van der Waals surface area contributed by atoms with Gasteiger partial charge in [0.2, 0.25) is 5.91 Å². The summed E-state index contributed by atoms with van der Waals surface area (Å²) in [5.74, 6) is -0.0491. The molecule has 2 aromatic heterocycles. The molecule has 0 spiro atoms. The molecule has 5 nitrogen and oxygen atoms in total. The number of carbonyl (C=O) groups is 1. The van der Waals surface area contributed by atoms with Crippen LogP contribution in [0, 0.1) is 0 Å². The van der Waals surface area contributed by atoms with Gasteiger partial charge in [-0.2, -0.15) is 5.10 Å². The number of aromatic nitrogens is 3. The summed E-state index contributed by atoms with van der Waals surface area (Å²) in [6, 6.07) is 3.83. The molecule has 2 heterocycles. The second-order valence-corrected chi connectivity index (χ2v) is 5.24. The van der Waals surface area contributed by atoms with Crippen molar-refractivity contribution in [1.29, 1.82) is 0 Å². The van der Waals surface area contributed by atoms with Crippen LogP contribution in [-0.4, -0.2) is 20.7 Å². The number of amides is 1. The minimum atomic E-state index is -0.335. The first-order chi connectivity index (χ1) is 8.70. The van der Waals surface area contributed by atoms with Gasteiger partial charge in [-0.15, -0.1) is 11.3 Å². The number of thiophene rings is 1. The van der Waals surface area contributed by atoms with Crippen LogP contribution < -0.4 is 5.32 Å². The van der Waals surface area contributed by atoms with Gasteiger partial charge in [-0.05, 0) is 25.5 Å². The van der Waals surface area contributed by atoms with E-state index < -0.39 is 0 Å². The second-order valence-electron chi connectivity index (χ2n) is 3.99. The van der Waals surface area contributed by atoms with E-state index in [0.717, 1.165) is 6.42 Å². The molecule has 1 atom stereocenters. The van der Waals surface area contributed by atoms with Crippen LogP contribution in [0.4, 0.5) is 0 Å². The van der Waals surface area contributed by atoms with Crippen molar-refractivity contribution < 1.29 is 4.79 Å². The average Bonchev–Trinajstić information content (AvgIpc) is 3.05. The fourth-order valence-electron chi connectivity index (χ4n) is 1.57. The van der Waals surface area contributed by atoms with Gasteiger partial charge < -0.3 is 5.32 Å². The summed E-state index contributed by atoms with van der Waals surface area (Å²) in [4.78, 5) is 18.2. The highest BCUT2D eigenvalue weighted by molar-refractivity contribution is 7.11. The Balaban J connectivity index is 1.88. The molecule has 0 radical (unpaired) electrons. The maximum atomic E-state index is 11.9. The molecule has 0 saturated heterocycles. The van der Waals surface area contributed by atoms with Crippen LogP contribution in [0.1, 0.15) is 29.6 Å². The fraction of sp³-hybridized carbons (Fsp3) is 0.417. The molecular weight excluding hydrogens is 248 g/mol. The molecule has 0 aliphatic carbocycles. The molecule has 0 aromatic carbocycles. The van der Waals surface area contributed by atoms with E-state index in [1.807, 2.05) is 0 Å². The Bertz CT molecular complexity index is 506. The number of rotatable bonds is 5. The van der Waals surface area contributed by atoms with E-state index in [1.54, 1.807) is 29.3 Å². The zero-order chi connectivity index (χ0) is 13.0. The Kier molecular flexibility index (Phi) is 4.09. The second kappa shape index (κ2) is 5.77. The summed E-state index contributed by atoms with van der Waals surface area (Å²) in [6.45, 7) is 4.50. The van der Waals surface area contributed by atoms with Gasteiger partial charge in [0.1, 0.15) is 18.7 Å². The monoisotopic (exact) mass is 264 g/mol. The molecule has 0 aliphatic rings. The zero-order valence-corrected chi connectivity index (χ0v) is 11.3. The van der Waals surface area contributed by atoms with E-state index in [9.17, 15) is 4.79 Å². The first-order valence-corrected chi connectivity index (χ1v) is 6.71. The van der Waals surface area contributed by atoms with Crippen molar-refractivity contribution in [2.24, 2.45) is 0 Å². The van der Waals surface area contributed by atoms with Gasteiger partial charge in [0.25, 0.3) is 0 Å². The van der Waals surface area contributed by atoms with Crippen molar-refractivity contribution in [2.75, 3.05) is 0 Å². The van der Waals surface area contributed by atoms with Crippen LogP contribution in [0.2, 0.25) is 0 Å². The third-order valence-corrected chi connectivity index (χ3v) is 3.95. The summed E-state index contributed by atoms with van der Waals surface area (Å²) >= 11 is 1.73. The third-order valence-electron chi connectivity index (χ3n) is 2.72. The van der Waals surface area contributed by atoms with Gasteiger partial charge in [-0.25, -0.2) is 9.67 Å². The van der Waals surface area contributed by atoms with E-state index in [0.29, 0.717) is 6.54 Å². The minimum absolute atomic E-state index is 0.0491. The van der Waals surface area contributed by atoms with E-state index in [2.05, 4.69) is 34.5 Å². The highest BCUT2D eigenvalue weighted by Gasteiger charge is 2.14. The molecule has 96 valence electrons. The fourth-order valence-corrected chi connectivity index (χ4v) is 2.46. The maximum absolute atomic E-state index is 11.9. The summed E-state index contributed by atoms with van der Waals surface area (Å²) < 4.78 is 1.54. The minimum Gasteiger partial charge on any atom is -0.349 e. The van der Waals surface area contributed by atoms with E-state index >= 15 is 0 Å². The predicted octanol–water partition coefficient (Wildman–Crippen LogP) is 1.78. The summed E-state index contributed by atoms with van der Waals surface area (Å²) in [7, 11) is 0. The quantitative estimate of drug-likeness (QED) is 0.895. The lowest BCUT2D eigenvalue weighted by atomic mass is 10.3. The molecule has 0 bridgehead atoms. The molecule has 2 rings (SSSR count). The van der Waals surface area contributed by atoms with Crippen molar-refractivity contribution >= 4 is 17.2 Å². The highest BCUT2D eigenvalue weighted by atomic mass is 32.1. The average molecular weight is 264 g/mol. The Morgan fingerprint density at radius 1 is 1.50 bits per heavy atom. The van der Waals surface area contributed by atoms with E-state index in [4.69, 9.17) is 0 Å². The molecule has 0 saturated carbocycles. The molecule has 0 fully saturated rings. The van der Waals surface area contributed by atoms with Gasteiger partial charge in [0.15, 0.2) is 0 Å². The van der Waals surface area contributed by atoms with E-state index in [1.165, 1.54) is 16.1 Å². The smallest absolute Gasteiger partial charge is 0.244 e. The first kappa shape index (κ1) is 12.8. The Labute approximate surface area is 110 Å². The van der Waals surface area contributed by atoms with Crippen LogP contribution in [0.5, 0.6) is 0 Å². The summed E-state index contributed by atoms with van der Waals surface area (Å²) in [5.41, 5.74) is 0. The van der Waals surface area contributed by atoms with Gasteiger partial charge in [0, 0.05) is 9.75 Å². The number of hydrogen-bond acceptors (Lipinski definition) is 4. The molecule has 18 heavy (non-hydrogen) atoms. The van der Waals surface area contributed by atoms with Crippen LogP contribution >= 0.6 is 11.3 Å². The Morgan fingerprint density at radius 2 is 2.28 bits per heavy atom. The van der Waals surface area contributed by atoms with Crippen LogP contribution in [0.3, 0.4) is 0 Å². The summed E-state index contributed by atoms with van der Waals surface area (Å²) in [6.07, 6.45) is 4.01. The van der Waals surface area contributed by atoms with Crippen molar-refractivity contribution in [1.82, 2.24) is 20.1 Å². The van der Waals surface area contributed by atoms with Gasteiger partial charge in [0.05, 0.1) is 6.54 Å². The molecular formula is C12H16N4OS. The predicted molar refractivity (Wildman–Crippen MR) is 70.3 cm³/mol. The lowest BCUT2D eigenvalue weighted by molar-refractivity contribution is -0.124. The number of hydrogen-bond donors (Lipinski definition) is 1. The van der Waals surface area contributed by atoms with Crippen LogP contribution in [0.15, 0.2) is 24.8 Å². The van der Waals surface area contributed by atoms with Gasteiger partial charge in [-0.1, -0.05) is 6.92 Å². The molecule has 1 N–H and O–H groups in total.